The van der Waals surface area contributed by atoms with Crippen LogP contribution in [0.5, 0.6) is 0 Å². The molecule has 0 aliphatic carbocycles. The molecule has 2 N–H and O–H groups in total. The fraction of sp³-hybridized carbons (Fsp3) is 0.545. The summed E-state index contributed by atoms with van der Waals surface area (Å²) in [4.78, 5) is 4.00. The molecule has 102 valence electrons. The largest absolute Gasteiger partial charge is 0.469 e. The van der Waals surface area contributed by atoms with E-state index in [0.717, 1.165) is 12.2 Å². The molecule has 6 nitrogen and oxygen atoms in total. The zero-order valence-electron chi connectivity index (χ0n) is 10.6. The van der Waals surface area contributed by atoms with Gasteiger partial charge in [0.2, 0.25) is 0 Å². The molecular weight excluding hydrogens is 254 g/mol. The molecule has 0 amide bonds. The van der Waals surface area contributed by atoms with Crippen LogP contribution >= 0.6 is 0 Å². The van der Waals surface area contributed by atoms with Gasteiger partial charge in [0, 0.05) is 32.8 Å². The Labute approximate surface area is 107 Å². The minimum absolute atomic E-state index is 0.0892. The molecule has 7 heteroatoms. The third-order valence-corrected chi connectivity index (χ3v) is 3.18. The number of hydrogen-bond donors (Lipinski definition) is 2. The van der Waals surface area contributed by atoms with Crippen LogP contribution in [0.2, 0.25) is 0 Å². The van der Waals surface area contributed by atoms with E-state index in [1.54, 1.807) is 13.3 Å². The molecule has 0 atom stereocenters. The molecule has 0 aliphatic rings. The fourth-order valence-electron chi connectivity index (χ4n) is 1.33. The van der Waals surface area contributed by atoms with Crippen LogP contribution in [0.25, 0.3) is 0 Å². The molecule has 0 unspecified atom stereocenters. The van der Waals surface area contributed by atoms with E-state index in [1.807, 2.05) is 12.1 Å². The second kappa shape index (κ2) is 7.05. The minimum Gasteiger partial charge on any atom is -0.469 e. The third-order valence-electron chi connectivity index (χ3n) is 2.23. The lowest BCUT2D eigenvalue weighted by molar-refractivity contribution is 0.507. The van der Waals surface area contributed by atoms with Crippen LogP contribution < -0.4 is 10.6 Å². The lowest BCUT2D eigenvalue weighted by atomic mass is 10.3. The first-order chi connectivity index (χ1) is 8.51. The highest BCUT2D eigenvalue weighted by molar-refractivity contribution is 7.90. The number of hydrogen-bond acceptors (Lipinski definition) is 4. The van der Waals surface area contributed by atoms with E-state index < -0.39 is 9.84 Å². The zero-order chi connectivity index (χ0) is 13.4. The maximum Gasteiger partial charge on any atom is 0.191 e. The first-order valence-electron chi connectivity index (χ1n) is 5.66. The molecular formula is C11H19N3O3S. The molecule has 1 aromatic rings. The Hall–Kier alpha value is -1.50. The van der Waals surface area contributed by atoms with Crippen molar-refractivity contribution in [2.75, 3.05) is 32.1 Å². The molecule has 1 rings (SSSR count). The van der Waals surface area contributed by atoms with Gasteiger partial charge in [-0.25, -0.2) is 8.42 Å². The van der Waals surface area contributed by atoms with Crippen LogP contribution in [0, 0.1) is 0 Å². The topological polar surface area (TPSA) is 83.7 Å². The molecule has 0 bridgehead atoms. The van der Waals surface area contributed by atoms with Crippen LogP contribution in [0.15, 0.2) is 27.8 Å². The van der Waals surface area contributed by atoms with Crippen molar-refractivity contribution in [1.29, 1.82) is 0 Å². The van der Waals surface area contributed by atoms with E-state index in [0.29, 0.717) is 19.0 Å². The minimum atomic E-state index is -2.94. The van der Waals surface area contributed by atoms with Gasteiger partial charge in [-0.15, -0.1) is 0 Å². The second-order valence-corrected chi connectivity index (χ2v) is 6.14. The summed E-state index contributed by atoms with van der Waals surface area (Å²) in [6.45, 7) is 1.02. The molecule has 0 saturated heterocycles. The summed E-state index contributed by atoms with van der Waals surface area (Å²) in [6, 6.07) is 3.75. The monoisotopic (exact) mass is 273 g/mol. The van der Waals surface area contributed by atoms with Crippen molar-refractivity contribution >= 4 is 15.8 Å². The normalized spacial score (nSPS) is 12.4. The number of nitrogens with one attached hydrogen (secondary N) is 2. The molecule has 0 saturated carbocycles. The zero-order valence-corrected chi connectivity index (χ0v) is 11.5. The highest BCUT2D eigenvalue weighted by atomic mass is 32.2. The highest BCUT2D eigenvalue weighted by Crippen LogP contribution is 1.99. The third kappa shape index (κ3) is 6.29. The summed E-state index contributed by atoms with van der Waals surface area (Å²) in [6.07, 6.45) is 3.59. The molecule has 1 heterocycles. The Morgan fingerprint density at radius 1 is 1.39 bits per heavy atom. The molecule has 1 aromatic heterocycles. The van der Waals surface area contributed by atoms with E-state index in [4.69, 9.17) is 4.42 Å². The van der Waals surface area contributed by atoms with Crippen molar-refractivity contribution in [2.45, 2.75) is 6.42 Å². The molecule has 0 radical (unpaired) electrons. The Kier molecular flexibility index (Phi) is 5.70. The van der Waals surface area contributed by atoms with Crippen molar-refractivity contribution in [3.63, 3.8) is 0 Å². The predicted molar refractivity (Wildman–Crippen MR) is 71.5 cm³/mol. The van der Waals surface area contributed by atoms with Crippen molar-refractivity contribution in [3.05, 3.63) is 24.2 Å². The second-order valence-electron chi connectivity index (χ2n) is 3.89. The summed E-state index contributed by atoms with van der Waals surface area (Å²) in [5.41, 5.74) is 0. The molecule has 0 fully saturated rings. The van der Waals surface area contributed by atoms with Crippen LogP contribution in [-0.4, -0.2) is 46.5 Å². The van der Waals surface area contributed by atoms with E-state index in [1.165, 1.54) is 6.26 Å². The van der Waals surface area contributed by atoms with Gasteiger partial charge >= 0.3 is 0 Å². The summed E-state index contributed by atoms with van der Waals surface area (Å²) < 4.78 is 27.1. The van der Waals surface area contributed by atoms with E-state index in [-0.39, 0.29) is 5.75 Å². The number of furan rings is 1. The smallest absolute Gasteiger partial charge is 0.191 e. The number of aliphatic imine (C=N–C) groups is 1. The Morgan fingerprint density at radius 3 is 2.67 bits per heavy atom. The van der Waals surface area contributed by atoms with Gasteiger partial charge in [0.05, 0.1) is 12.0 Å². The average molecular weight is 273 g/mol. The van der Waals surface area contributed by atoms with E-state index in [9.17, 15) is 8.42 Å². The van der Waals surface area contributed by atoms with Gasteiger partial charge in [-0.1, -0.05) is 0 Å². The van der Waals surface area contributed by atoms with Gasteiger partial charge in [0.1, 0.15) is 15.6 Å². The van der Waals surface area contributed by atoms with Crippen LogP contribution in [0.4, 0.5) is 0 Å². The van der Waals surface area contributed by atoms with E-state index >= 15 is 0 Å². The van der Waals surface area contributed by atoms with Gasteiger partial charge < -0.3 is 15.1 Å². The lowest BCUT2D eigenvalue weighted by Crippen LogP contribution is -2.40. The average Bonchev–Trinajstić information content (AvgIpc) is 2.78. The van der Waals surface area contributed by atoms with Gasteiger partial charge in [-0.05, 0) is 12.1 Å². The molecule has 0 aromatic carbocycles. The summed E-state index contributed by atoms with van der Waals surface area (Å²) in [7, 11) is -1.30. The summed E-state index contributed by atoms with van der Waals surface area (Å²) >= 11 is 0. The Morgan fingerprint density at radius 2 is 2.11 bits per heavy atom. The van der Waals surface area contributed by atoms with Crippen molar-refractivity contribution in [3.8, 4) is 0 Å². The summed E-state index contributed by atoms with van der Waals surface area (Å²) in [5, 5.41) is 6.01. The van der Waals surface area contributed by atoms with Gasteiger partial charge in [-0.3, -0.25) is 4.99 Å². The quantitative estimate of drug-likeness (QED) is 0.564. The van der Waals surface area contributed by atoms with Crippen molar-refractivity contribution in [2.24, 2.45) is 4.99 Å². The molecule has 18 heavy (non-hydrogen) atoms. The molecule has 0 spiro atoms. The standard InChI is InChI=1S/C11H19N3O3S/c1-12-11(14-7-9-18(2,15)16)13-6-5-10-4-3-8-17-10/h3-4,8H,5-7,9H2,1-2H3,(H2,12,13,14). The van der Waals surface area contributed by atoms with Crippen LogP contribution in [-0.2, 0) is 16.3 Å². The Bertz CT molecular complexity index is 466. The SMILES string of the molecule is CN=C(NCCc1ccco1)NCCS(C)(=O)=O. The first-order valence-corrected chi connectivity index (χ1v) is 7.72. The lowest BCUT2D eigenvalue weighted by Gasteiger charge is -2.10. The van der Waals surface area contributed by atoms with Gasteiger partial charge in [-0.2, -0.15) is 0 Å². The van der Waals surface area contributed by atoms with E-state index in [2.05, 4.69) is 15.6 Å². The number of nitrogens with zero attached hydrogens (tertiary/aromatic N) is 1. The fourth-order valence-corrected chi connectivity index (χ4v) is 1.81. The number of guanidine groups is 1. The summed E-state index contributed by atoms with van der Waals surface area (Å²) in [5.74, 6) is 1.57. The number of sulfone groups is 1. The number of rotatable bonds is 6. The molecule has 0 aliphatic heterocycles. The highest BCUT2D eigenvalue weighted by Gasteiger charge is 2.03. The first kappa shape index (κ1) is 14.6. The predicted octanol–water partition coefficient (Wildman–Crippen LogP) is 0.0317. The van der Waals surface area contributed by atoms with Crippen molar-refractivity contribution in [1.82, 2.24) is 10.6 Å². The Balaban J connectivity index is 2.22. The van der Waals surface area contributed by atoms with Crippen molar-refractivity contribution < 1.29 is 12.8 Å². The van der Waals surface area contributed by atoms with Gasteiger partial charge in [0.25, 0.3) is 0 Å². The maximum atomic E-state index is 11.0. The van der Waals surface area contributed by atoms with Crippen LogP contribution in [0.1, 0.15) is 5.76 Å². The maximum absolute atomic E-state index is 11.0. The van der Waals surface area contributed by atoms with Gasteiger partial charge in [0.15, 0.2) is 5.96 Å². The van der Waals surface area contributed by atoms with Crippen LogP contribution in [0.3, 0.4) is 0 Å².